The summed E-state index contributed by atoms with van der Waals surface area (Å²) in [6.07, 6.45) is 4.41. The maximum atomic E-state index is 11.5. The van der Waals surface area contributed by atoms with E-state index >= 15 is 0 Å². The summed E-state index contributed by atoms with van der Waals surface area (Å²) in [5, 5.41) is 6.87. The average Bonchev–Trinajstić information content (AvgIpc) is 2.91. The molecule has 7 heteroatoms. The van der Waals surface area contributed by atoms with Crippen LogP contribution in [-0.2, 0) is 9.84 Å². The zero-order valence-electron chi connectivity index (χ0n) is 13.8. The fraction of sp³-hybridized carbons (Fsp3) is 0.933. The summed E-state index contributed by atoms with van der Waals surface area (Å²) in [6.45, 7) is 7.07. The Hall–Kier alpha value is -0.0500. The highest BCUT2D eigenvalue weighted by Crippen LogP contribution is 2.24. The quantitative estimate of drug-likeness (QED) is 0.397. The minimum absolute atomic E-state index is 0. The number of nitrogens with one attached hydrogen (secondary N) is 2. The lowest BCUT2D eigenvalue weighted by atomic mass is 10.1. The molecule has 1 heterocycles. The number of aliphatic imine (C=N–C) groups is 1. The maximum absolute atomic E-state index is 11.5. The van der Waals surface area contributed by atoms with Gasteiger partial charge < -0.3 is 10.6 Å². The predicted octanol–water partition coefficient (Wildman–Crippen LogP) is 2.17. The van der Waals surface area contributed by atoms with Crippen LogP contribution in [0, 0.1) is 11.8 Å². The van der Waals surface area contributed by atoms with E-state index in [2.05, 4.69) is 36.4 Å². The molecule has 5 nitrogen and oxygen atoms in total. The van der Waals surface area contributed by atoms with Gasteiger partial charge in [-0.1, -0.05) is 6.92 Å². The van der Waals surface area contributed by atoms with Crippen LogP contribution in [-0.4, -0.2) is 44.5 Å². The SMILES string of the molecule is CC1CCC(NC(=NCC2CCS(=O)(=O)C2)NC(C)C)C1.I. The average molecular weight is 443 g/mol. The zero-order valence-corrected chi connectivity index (χ0v) is 17.0. The van der Waals surface area contributed by atoms with Gasteiger partial charge in [0.15, 0.2) is 15.8 Å². The second kappa shape index (κ2) is 8.70. The summed E-state index contributed by atoms with van der Waals surface area (Å²) in [6, 6.07) is 0.819. The van der Waals surface area contributed by atoms with Crippen molar-refractivity contribution in [1.29, 1.82) is 0 Å². The van der Waals surface area contributed by atoms with Gasteiger partial charge in [-0.2, -0.15) is 0 Å². The van der Waals surface area contributed by atoms with Crippen LogP contribution in [0.4, 0.5) is 0 Å². The molecule has 130 valence electrons. The van der Waals surface area contributed by atoms with Gasteiger partial charge in [0.05, 0.1) is 11.5 Å². The number of guanidine groups is 1. The first kappa shape index (κ1) is 20.0. The number of hydrogen-bond acceptors (Lipinski definition) is 3. The van der Waals surface area contributed by atoms with Gasteiger partial charge in [0.25, 0.3) is 0 Å². The second-order valence-electron chi connectivity index (χ2n) is 7.02. The van der Waals surface area contributed by atoms with Gasteiger partial charge in [-0.15, -0.1) is 24.0 Å². The van der Waals surface area contributed by atoms with Crippen molar-refractivity contribution in [1.82, 2.24) is 10.6 Å². The smallest absolute Gasteiger partial charge is 0.191 e. The van der Waals surface area contributed by atoms with E-state index in [-0.39, 0.29) is 29.9 Å². The summed E-state index contributed by atoms with van der Waals surface area (Å²) >= 11 is 0. The van der Waals surface area contributed by atoms with Crippen LogP contribution in [0.15, 0.2) is 4.99 Å². The molecular weight excluding hydrogens is 413 g/mol. The molecule has 0 aromatic heterocycles. The van der Waals surface area contributed by atoms with Crippen molar-refractivity contribution in [3.8, 4) is 0 Å². The first-order valence-electron chi connectivity index (χ1n) is 8.12. The van der Waals surface area contributed by atoms with E-state index in [0.717, 1.165) is 18.3 Å². The molecule has 22 heavy (non-hydrogen) atoms. The Balaban J connectivity index is 0.00000242. The van der Waals surface area contributed by atoms with Crippen LogP contribution < -0.4 is 10.6 Å². The van der Waals surface area contributed by atoms with Crippen molar-refractivity contribution < 1.29 is 8.42 Å². The van der Waals surface area contributed by atoms with E-state index in [1.54, 1.807) is 0 Å². The number of hydrogen-bond donors (Lipinski definition) is 2. The van der Waals surface area contributed by atoms with Crippen LogP contribution in [0.2, 0.25) is 0 Å². The number of halogens is 1. The molecule has 3 unspecified atom stereocenters. The zero-order chi connectivity index (χ0) is 15.5. The Bertz CT molecular complexity index is 479. The summed E-state index contributed by atoms with van der Waals surface area (Å²) in [4.78, 5) is 4.63. The lowest BCUT2D eigenvalue weighted by Crippen LogP contribution is -2.45. The molecule has 2 N–H and O–H groups in total. The third kappa shape index (κ3) is 6.60. The van der Waals surface area contributed by atoms with E-state index in [9.17, 15) is 8.42 Å². The molecule has 0 aromatic rings. The fourth-order valence-electron chi connectivity index (χ4n) is 3.17. The van der Waals surface area contributed by atoms with Gasteiger partial charge >= 0.3 is 0 Å². The van der Waals surface area contributed by atoms with Gasteiger partial charge in [-0.25, -0.2) is 8.42 Å². The third-order valence-corrected chi connectivity index (χ3v) is 6.13. The van der Waals surface area contributed by atoms with E-state index in [0.29, 0.717) is 30.1 Å². The lowest BCUT2D eigenvalue weighted by molar-refractivity contribution is 0.551. The second-order valence-corrected chi connectivity index (χ2v) is 9.25. The highest BCUT2D eigenvalue weighted by molar-refractivity contribution is 14.0. The fourth-order valence-corrected chi connectivity index (χ4v) is 5.02. The topological polar surface area (TPSA) is 70.6 Å². The summed E-state index contributed by atoms with van der Waals surface area (Å²) < 4.78 is 23.0. The minimum Gasteiger partial charge on any atom is -0.354 e. The van der Waals surface area contributed by atoms with Crippen molar-refractivity contribution in [2.45, 2.75) is 58.5 Å². The monoisotopic (exact) mass is 443 g/mol. The van der Waals surface area contributed by atoms with Crippen LogP contribution in [0.3, 0.4) is 0 Å². The maximum Gasteiger partial charge on any atom is 0.191 e. The van der Waals surface area contributed by atoms with Crippen molar-refractivity contribution in [3.63, 3.8) is 0 Å². The Morgan fingerprint density at radius 1 is 1.27 bits per heavy atom. The van der Waals surface area contributed by atoms with Gasteiger partial charge in [0.2, 0.25) is 0 Å². The van der Waals surface area contributed by atoms with Crippen molar-refractivity contribution in [2.24, 2.45) is 16.8 Å². The first-order chi connectivity index (χ1) is 9.84. The summed E-state index contributed by atoms with van der Waals surface area (Å²) in [7, 11) is -2.81. The number of nitrogens with zero attached hydrogens (tertiary/aromatic N) is 1. The van der Waals surface area contributed by atoms with Crippen molar-refractivity contribution >= 4 is 39.8 Å². The minimum atomic E-state index is -2.81. The van der Waals surface area contributed by atoms with E-state index in [4.69, 9.17) is 0 Å². The summed E-state index contributed by atoms with van der Waals surface area (Å²) in [5.41, 5.74) is 0. The number of rotatable bonds is 4. The van der Waals surface area contributed by atoms with Crippen LogP contribution >= 0.6 is 24.0 Å². The first-order valence-corrected chi connectivity index (χ1v) is 9.94. The normalized spacial score (nSPS) is 31.1. The standard InChI is InChI=1S/C15H29N3O2S.HI/c1-11(2)17-15(18-14-5-4-12(3)8-14)16-9-13-6-7-21(19,20)10-13;/h11-14H,4-10H2,1-3H3,(H2,16,17,18);1H. The molecule has 2 fully saturated rings. The molecule has 1 aliphatic heterocycles. The lowest BCUT2D eigenvalue weighted by Gasteiger charge is -2.20. The Labute approximate surface area is 152 Å². The molecule has 1 aliphatic carbocycles. The van der Waals surface area contributed by atoms with Gasteiger partial charge in [0, 0.05) is 18.6 Å². The van der Waals surface area contributed by atoms with Crippen LogP contribution in [0.5, 0.6) is 0 Å². The molecular formula is C15H30IN3O2S. The highest BCUT2D eigenvalue weighted by Gasteiger charge is 2.28. The molecule has 0 radical (unpaired) electrons. The number of sulfone groups is 1. The predicted molar refractivity (Wildman–Crippen MR) is 103 cm³/mol. The van der Waals surface area contributed by atoms with Crippen molar-refractivity contribution in [2.75, 3.05) is 18.1 Å². The Morgan fingerprint density at radius 3 is 2.50 bits per heavy atom. The molecule has 1 saturated heterocycles. The molecule has 2 aliphatic rings. The Morgan fingerprint density at radius 2 is 2.00 bits per heavy atom. The highest BCUT2D eigenvalue weighted by atomic mass is 127. The molecule has 0 amide bonds. The molecule has 0 aromatic carbocycles. The summed E-state index contributed by atoms with van der Waals surface area (Å²) in [5.74, 6) is 2.43. The van der Waals surface area contributed by atoms with Gasteiger partial charge in [-0.05, 0) is 51.4 Å². The Kier molecular flexibility index (Phi) is 7.91. The molecule has 1 saturated carbocycles. The van der Waals surface area contributed by atoms with E-state index in [1.165, 1.54) is 19.3 Å². The van der Waals surface area contributed by atoms with Crippen LogP contribution in [0.1, 0.15) is 46.5 Å². The van der Waals surface area contributed by atoms with Gasteiger partial charge in [0.1, 0.15) is 0 Å². The molecule has 2 rings (SSSR count). The largest absolute Gasteiger partial charge is 0.354 e. The van der Waals surface area contributed by atoms with Gasteiger partial charge in [-0.3, -0.25) is 4.99 Å². The molecule has 0 spiro atoms. The van der Waals surface area contributed by atoms with E-state index in [1.807, 2.05) is 0 Å². The van der Waals surface area contributed by atoms with E-state index < -0.39 is 9.84 Å². The van der Waals surface area contributed by atoms with Crippen LogP contribution in [0.25, 0.3) is 0 Å². The third-order valence-electron chi connectivity index (χ3n) is 4.30. The van der Waals surface area contributed by atoms with Crippen molar-refractivity contribution in [3.05, 3.63) is 0 Å². The molecule has 0 bridgehead atoms. The molecule has 3 atom stereocenters.